The van der Waals surface area contributed by atoms with Crippen LogP contribution in [0.1, 0.15) is 68.8 Å². The van der Waals surface area contributed by atoms with Crippen LogP contribution in [0, 0.1) is 5.92 Å². The largest absolute Gasteiger partial charge is 0.454 e. The maximum atomic E-state index is 12.5. The fourth-order valence-electron chi connectivity index (χ4n) is 3.19. The van der Waals surface area contributed by atoms with Gasteiger partial charge in [0.1, 0.15) is 4.83 Å². The van der Waals surface area contributed by atoms with E-state index in [-0.39, 0.29) is 11.5 Å². The van der Waals surface area contributed by atoms with Crippen LogP contribution >= 0.6 is 11.3 Å². The number of nitrogens with one attached hydrogen (secondary N) is 1. The van der Waals surface area contributed by atoms with Gasteiger partial charge < -0.3 is 9.72 Å². The molecule has 1 N–H and O–H groups in total. The van der Waals surface area contributed by atoms with Gasteiger partial charge in [-0.1, -0.05) is 20.3 Å². The van der Waals surface area contributed by atoms with Gasteiger partial charge in [-0.3, -0.25) is 9.59 Å². The molecule has 0 bridgehead atoms. The van der Waals surface area contributed by atoms with Crippen LogP contribution in [0.2, 0.25) is 0 Å². The van der Waals surface area contributed by atoms with Crippen LogP contribution in [0.15, 0.2) is 4.79 Å². The summed E-state index contributed by atoms with van der Waals surface area (Å²) in [5.74, 6) is 0.845. The third kappa shape index (κ3) is 3.38. The lowest BCUT2D eigenvalue weighted by Gasteiger charge is -2.17. The van der Waals surface area contributed by atoms with E-state index in [2.05, 4.69) is 16.9 Å². The van der Waals surface area contributed by atoms with Crippen LogP contribution in [0.5, 0.6) is 0 Å². The summed E-state index contributed by atoms with van der Waals surface area (Å²) < 4.78 is 5.39. The summed E-state index contributed by atoms with van der Waals surface area (Å²) in [5.41, 5.74) is 1.06. The van der Waals surface area contributed by atoms with Crippen molar-refractivity contribution < 1.29 is 9.53 Å². The Hall–Kier alpha value is -1.69. The van der Waals surface area contributed by atoms with E-state index in [0.717, 1.165) is 42.3 Å². The molecule has 6 heteroatoms. The third-order valence-electron chi connectivity index (χ3n) is 4.61. The highest BCUT2D eigenvalue weighted by Gasteiger charge is 2.24. The summed E-state index contributed by atoms with van der Waals surface area (Å²) >= 11 is 1.61. The maximum Gasteiger partial charge on any atom is 0.306 e. The quantitative estimate of drug-likeness (QED) is 0.832. The van der Waals surface area contributed by atoms with Crippen molar-refractivity contribution in [3.63, 3.8) is 0 Å². The van der Waals surface area contributed by atoms with Crippen molar-refractivity contribution in [3.05, 3.63) is 26.6 Å². The Balaban J connectivity index is 1.88. The molecular formula is C18H24N2O3S. The Morgan fingerprint density at radius 2 is 2.29 bits per heavy atom. The number of thiophene rings is 1. The summed E-state index contributed by atoms with van der Waals surface area (Å²) in [4.78, 5) is 33.8. The number of hydrogen-bond donors (Lipinski definition) is 1. The van der Waals surface area contributed by atoms with Gasteiger partial charge in [-0.25, -0.2) is 4.98 Å². The average molecular weight is 348 g/mol. The molecule has 1 aliphatic rings. The fraction of sp³-hybridized carbons (Fsp3) is 0.611. The highest BCUT2D eigenvalue weighted by atomic mass is 32.1. The Morgan fingerprint density at radius 3 is 3.04 bits per heavy atom. The number of unbranched alkanes of at least 4 members (excludes halogenated alkanes) is 1. The molecule has 0 unspecified atom stereocenters. The zero-order valence-electron chi connectivity index (χ0n) is 14.5. The van der Waals surface area contributed by atoms with Crippen LogP contribution in [-0.4, -0.2) is 15.9 Å². The van der Waals surface area contributed by atoms with Crippen molar-refractivity contribution in [3.8, 4) is 0 Å². The van der Waals surface area contributed by atoms with Gasteiger partial charge in [0.05, 0.1) is 5.39 Å². The molecule has 2 aromatic rings. The van der Waals surface area contributed by atoms with Crippen LogP contribution in [0.4, 0.5) is 0 Å². The standard InChI is InChI=1S/C18H24N2O3S/c1-4-5-6-14(21)23-11(3)16-19-17(22)15-12-8-7-10(2)9-13(12)24-18(15)20-16/h10-11H,4-9H2,1-3H3,(H,19,20,22)/t10-,11+/m1/s1. The highest BCUT2D eigenvalue weighted by molar-refractivity contribution is 7.18. The monoisotopic (exact) mass is 348 g/mol. The summed E-state index contributed by atoms with van der Waals surface area (Å²) in [6.07, 6.45) is 4.71. The highest BCUT2D eigenvalue weighted by Crippen LogP contribution is 2.35. The third-order valence-corrected chi connectivity index (χ3v) is 5.76. The summed E-state index contributed by atoms with van der Waals surface area (Å²) in [5, 5.41) is 0.732. The van der Waals surface area contributed by atoms with Gasteiger partial charge in [0.25, 0.3) is 5.56 Å². The van der Waals surface area contributed by atoms with Gasteiger partial charge in [0, 0.05) is 11.3 Å². The first kappa shape index (κ1) is 17.1. The smallest absolute Gasteiger partial charge is 0.306 e. The Morgan fingerprint density at radius 1 is 1.50 bits per heavy atom. The van der Waals surface area contributed by atoms with Crippen LogP contribution in [0.25, 0.3) is 10.2 Å². The van der Waals surface area contributed by atoms with Crippen molar-refractivity contribution in [2.75, 3.05) is 0 Å². The minimum Gasteiger partial charge on any atom is -0.454 e. The average Bonchev–Trinajstić information content (AvgIpc) is 2.90. The number of nitrogens with zero attached hydrogens (tertiary/aromatic N) is 1. The molecule has 0 aliphatic heterocycles. The molecule has 2 heterocycles. The van der Waals surface area contributed by atoms with Gasteiger partial charge in [0.15, 0.2) is 11.9 Å². The molecule has 2 aromatic heterocycles. The molecule has 0 saturated carbocycles. The van der Waals surface area contributed by atoms with Gasteiger partial charge in [-0.2, -0.15) is 0 Å². The van der Waals surface area contributed by atoms with Gasteiger partial charge in [0.2, 0.25) is 0 Å². The first-order valence-corrected chi connectivity index (χ1v) is 9.55. The molecule has 0 spiro atoms. The lowest BCUT2D eigenvalue weighted by Crippen LogP contribution is -2.18. The molecule has 1 aliphatic carbocycles. The molecular weight excluding hydrogens is 324 g/mol. The van der Waals surface area contributed by atoms with E-state index in [9.17, 15) is 9.59 Å². The number of ether oxygens (including phenoxy) is 1. The summed E-state index contributed by atoms with van der Waals surface area (Å²) in [6.45, 7) is 6.03. The van der Waals surface area contributed by atoms with E-state index in [0.29, 0.717) is 18.2 Å². The van der Waals surface area contributed by atoms with Crippen LogP contribution in [-0.2, 0) is 22.4 Å². The SMILES string of the molecule is CCCCC(=O)O[C@@H](C)c1nc2sc3c(c2c(=O)[nH]1)CC[C@@H](C)C3. The molecule has 5 nitrogen and oxygen atoms in total. The van der Waals surface area contributed by atoms with Gasteiger partial charge in [-0.15, -0.1) is 11.3 Å². The zero-order chi connectivity index (χ0) is 17.3. The van der Waals surface area contributed by atoms with Crippen molar-refractivity contribution in [1.82, 2.24) is 9.97 Å². The van der Waals surface area contributed by atoms with Gasteiger partial charge in [-0.05, 0) is 44.1 Å². The number of hydrogen-bond acceptors (Lipinski definition) is 5. The van der Waals surface area contributed by atoms with E-state index >= 15 is 0 Å². The number of esters is 1. The molecule has 0 amide bonds. The number of fused-ring (bicyclic) bond motifs is 3. The maximum absolute atomic E-state index is 12.5. The number of aryl methyl sites for hydroxylation is 1. The Labute approximate surface area is 145 Å². The van der Waals surface area contributed by atoms with E-state index < -0.39 is 6.10 Å². The lowest BCUT2D eigenvalue weighted by molar-refractivity contribution is -0.149. The zero-order valence-corrected chi connectivity index (χ0v) is 15.3. The summed E-state index contributed by atoms with van der Waals surface area (Å²) in [7, 11) is 0. The number of rotatable bonds is 5. The van der Waals surface area contributed by atoms with E-state index in [1.807, 2.05) is 6.92 Å². The summed E-state index contributed by atoms with van der Waals surface area (Å²) in [6, 6.07) is 0. The number of H-pyrrole nitrogens is 1. The predicted octanol–water partition coefficient (Wildman–Crippen LogP) is 3.90. The molecule has 130 valence electrons. The normalized spacial score (nSPS) is 18.4. The fourth-order valence-corrected chi connectivity index (χ4v) is 4.58. The molecule has 0 saturated heterocycles. The van der Waals surface area contributed by atoms with E-state index in [1.165, 1.54) is 10.4 Å². The second-order valence-electron chi connectivity index (χ2n) is 6.72. The molecule has 0 aromatic carbocycles. The van der Waals surface area contributed by atoms with E-state index in [4.69, 9.17) is 4.74 Å². The molecule has 24 heavy (non-hydrogen) atoms. The second kappa shape index (κ2) is 7.05. The minimum atomic E-state index is -0.537. The van der Waals surface area contributed by atoms with Crippen molar-refractivity contribution in [2.45, 2.75) is 65.4 Å². The van der Waals surface area contributed by atoms with Crippen molar-refractivity contribution in [1.29, 1.82) is 0 Å². The van der Waals surface area contributed by atoms with Crippen LogP contribution in [0.3, 0.4) is 0 Å². The first-order chi connectivity index (χ1) is 11.5. The number of carbonyl (C=O) groups is 1. The van der Waals surface area contributed by atoms with Gasteiger partial charge >= 0.3 is 5.97 Å². The van der Waals surface area contributed by atoms with Crippen LogP contribution < -0.4 is 5.56 Å². The van der Waals surface area contributed by atoms with E-state index in [1.54, 1.807) is 18.3 Å². The topological polar surface area (TPSA) is 72.0 Å². The Kier molecular flexibility index (Phi) is 5.04. The number of aromatic amines is 1. The lowest BCUT2D eigenvalue weighted by atomic mass is 9.89. The molecule has 0 radical (unpaired) electrons. The Bertz CT molecular complexity index is 808. The molecule has 3 rings (SSSR count). The van der Waals surface area contributed by atoms with Crippen molar-refractivity contribution >= 4 is 27.5 Å². The minimum absolute atomic E-state index is 0.112. The first-order valence-electron chi connectivity index (χ1n) is 8.73. The molecule has 0 fully saturated rings. The predicted molar refractivity (Wildman–Crippen MR) is 95.5 cm³/mol. The van der Waals surface area contributed by atoms with Crippen molar-refractivity contribution in [2.24, 2.45) is 5.92 Å². The number of carbonyl (C=O) groups excluding carboxylic acids is 1. The molecule has 2 atom stereocenters. The second-order valence-corrected chi connectivity index (χ2v) is 7.80. The number of aromatic nitrogens is 2.